The van der Waals surface area contributed by atoms with E-state index >= 15 is 0 Å². The van der Waals surface area contributed by atoms with Crippen molar-refractivity contribution in [3.05, 3.63) is 30.1 Å². The maximum atomic E-state index is 12.5. The van der Waals surface area contributed by atoms with Crippen molar-refractivity contribution >= 4 is 16.1 Å². The van der Waals surface area contributed by atoms with Gasteiger partial charge in [0, 0.05) is 18.9 Å². The fourth-order valence-corrected chi connectivity index (χ4v) is 4.15. The Balaban J connectivity index is 2.10. The molecule has 114 valence electrons. The Kier molecular flexibility index (Phi) is 5.61. The van der Waals surface area contributed by atoms with Crippen LogP contribution in [-0.2, 0) is 21.2 Å². The Morgan fingerprint density at radius 3 is 2.76 bits per heavy atom. The Bertz CT molecular complexity index is 597. The lowest BCUT2D eigenvalue weighted by molar-refractivity contribution is 0.330. The minimum absolute atomic E-state index is 0.0158. The molecule has 1 aliphatic rings. The van der Waals surface area contributed by atoms with Gasteiger partial charge in [-0.05, 0) is 43.4 Å². The van der Waals surface area contributed by atoms with Gasteiger partial charge in [0.2, 0.25) is 16.1 Å². The van der Waals surface area contributed by atoms with Crippen LogP contribution in [0, 0.1) is 0 Å². The molecule has 0 radical (unpaired) electrons. The molecule has 0 spiro atoms. The number of rotatable bonds is 5. The number of nitrogens with zero attached hydrogens (tertiary/aromatic N) is 3. The van der Waals surface area contributed by atoms with Gasteiger partial charge in [0.25, 0.3) is 0 Å². The fourth-order valence-electron chi connectivity index (χ4n) is 2.49. The second kappa shape index (κ2) is 7.45. The second-order valence-electron chi connectivity index (χ2n) is 5.08. The summed E-state index contributed by atoms with van der Waals surface area (Å²) in [5, 5.41) is 0. The minimum Gasteiger partial charge on any atom is -0.265 e. The Hall–Kier alpha value is -1.56. The van der Waals surface area contributed by atoms with Crippen molar-refractivity contribution in [1.82, 2.24) is 9.29 Å². The largest absolute Gasteiger partial charge is 0.265 e. The summed E-state index contributed by atoms with van der Waals surface area (Å²) in [5.74, 6) is 0.0158. The van der Waals surface area contributed by atoms with E-state index in [1.807, 2.05) is 0 Å². The van der Waals surface area contributed by atoms with Gasteiger partial charge in [0.05, 0.1) is 5.75 Å². The molecule has 7 heteroatoms. The lowest BCUT2D eigenvalue weighted by atomic mass is 10.2. The number of carbonyl (C=O) groups excluding carboxylic acids is 1. The highest BCUT2D eigenvalue weighted by Gasteiger charge is 2.30. The van der Waals surface area contributed by atoms with E-state index in [9.17, 15) is 13.2 Å². The molecular formula is C14H19N3O3S. The summed E-state index contributed by atoms with van der Waals surface area (Å²) in [7, 11) is -3.44. The van der Waals surface area contributed by atoms with E-state index in [2.05, 4.69) is 9.98 Å². The summed E-state index contributed by atoms with van der Waals surface area (Å²) in [6.07, 6.45) is 7.87. The first-order valence-corrected chi connectivity index (χ1v) is 8.70. The summed E-state index contributed by atoms with van der Waals surface area (Å²) in [6.45, 7) is 0.425. The fraction of sp³-hybridized carbons (Fsp3) is 0.571. The predicted octanol–water partition coefficient (Wildman–Crippen LogP) is 1.49. The van der Waals surface area contributed by atoms with Crippen molar-refractivity contribution < 1.29 is 13.2 Å². The standard InChI is InChI=1S/C14H19N3O3S/c18-12-16-14-4-2-1-3-10-17(14)21(19,20)11-7-13-5-8-15-9-6-13/h5-6,8-9,14H,1-4,7,10-11H2. The number of pyridine rings is 1. The van der Waals surface area contributed by atoms with Gasteiger partial charge in [-0.25, -0.2) is 13.2 Å². The topological polar surface area (TPSA) is 79.7 Å². The van der Waals surface area contributed by atoms with Gasteiger partial charge in [-0.1, -0.05) is 6.42 Å². The van der Waals surface area contributed by atoms with Gasteiger partial charge in [-0.15, -0.1) is 0 Å². The van der Waals surface area contributed by atoms with Crippen LogP contribution >= 0.6 is 0 Å². The summed E-state index contributed by atoms with van der Waals surface area (Å²) >= 11 is 0. The van der Waals surface area contributed by atoms with Crippen LogP contribution in [0.3, 0.4) is 0 Å². The molecule has 6 nitrogen and oxygen atoms in total. The zero-order valence-corrected chi connectivity index (χ0v) is 12.6. The lowest BCUT2D eigenvalue weighted by Crippen LogP contribution is -2.40. The van der Waals surface area contributed by atoms with E-state index < -0.39 is 16.2 Å². The molecule has 1 unspecified atom stereocenters. The molecule has 2 rings (SSSR count). The summed E-state index contributed by atoms with van der Waals surface area (Å²) in [4.78, 5) is 18.1. The molecule has 0 N–H and O–H groups in total. The highest BCUT2D eigenvalue weighted by molar-refractivity contribution is 7.89. The number of aliphatic imine (C=N–C) groups is 1. The second-order valence-corrected chi connectivity index (χ2v) is 7.12. The van der Waals surface area contributed by atoms with Crippen molar-refractivity contribution in [2.75, 3.05) is 12.3 Å². The smallest absolute Gasteiger partial charge is 0.236 e. The molecule has 0 saturated carbocycles. The van der Waals surface area contributed by atoms with E-state index in [1.54, 1.807) is 24.5 Å². The molecule has 0 aromatic carbocycles. The molecular weight excluding hydrogens is 290 g/mol. The van der Waals surface area contributed by atoms with Gasteiger partial charge in [-0.2, -0.15) is 9.30 Å². The molecule has 0 aliphatic carbocycles. The van der Waals surface area contributed by atoms with E-state index in [1.165, 1.54) is 10.4 Å². The number of sulfonamides is 1. The molecule has 21 heavy (non-hydrogen) atoms. The third-order valence-electron chi connectivity index (χ3n) is 3.63. The van der Waals surface area contributed by atoms with Gasteiger partial charge < -0.3 is 0 Å². The molecule has 0 amide bonds. The molecule has 1 fully saturated rings. The summed E-state index contributed by atoms with van der Waals surface area (Å²) in [6, 6.07) is 3.61. The van der Waals surface area contributed by atoms with Crippen molar-refractivity contribution in [1.29, 1.82) is 0 Å². The Labute approximate surface area is 125 Å². The van der Waals surface area contributed by atoms with Crippen LogP contribution in [0.4, 0.5) is 0 Å². The van der Waals surface area contributed by atoms with Gasteiger partial charge in [0.15, 0.2) is 0 Å². The summed E-state index contributed by atoms with van der Waals surface area (Å²) in [5.41, 5.74) is 0.929. The first-order valence-electron chi connectivity index (χ1n) is 7.09. The number of isocyanates is 1. The number of aromatic nitrogens is 1. The van der Waals surface area contributed by atoms with Crippen molar-refractivity contribution in [2.45, 2.75) is 38.3 Å². The van der Waals surface area contributed by atoms with Gasteiger partial charge >= 0.3 is 0 Å². The maximum absolute atomic E-state index is 12.5. The monoisotopic (exact) mass is 309 g/mol. The number of hydrogen-bond donors (Lipinski definition) is 0. The molecule has 2 heterocycles. The SMILES string of the molecule is O=C=NC1CCCCCN1S(=O)(=O)CCc1ccncc1. The highest BCUT2D eigenvalue weighted by atomic mass is 32.2. The van der Waals surface area contributed by atoms with Gasteiger partial charge in [0.1, 0.15) is 6.17 Å². The zero-order valence-electron chi connectivity index (χ0n) is 11.8. The number of hydrogen-bond acceptors (Lipinski definition) is 5. The average molecular weight is 309 g/mol. The zero-order chi connectivity index (χ0) is 15.1. The van der Waals surface area contributed by atoms with E-state index in [-0.39, 0.29) is 5.75 Å². The lowest BCUT2D eigenvalue weighted by Gasteiger charge is -2.25. The minimum atomic E-state index is -3.44. The van der Waals surface area contributed by atoms with Crippen LogP contribution in [0.5, 0.6) is 0 Å². The Morgan fingerprint density at radius 2 is 2.05 bits per heavy atom. The van der Waals surface area contributed by atoms with Crippen molar-refractivity contribution in [3.63, 3.8) is 0 Å². The third kappa shape index (κ3) is 4.46. The van der Waals surface area contributed by atoms with Crippen LogP contribution in [0.1, 0.15) is 31.2 Å². The summed E-state index contributed by atoms with van der Waals surface area (Å²) < 4.78 is 26.4. The highest BCUT2D eigenvalue weighted by Crippen LogP contribution is 2.21. The molecule has 1 atom stereocenters. The normalized spacial score (nSPS) is 20.5. The van der Waals surface area contributed by atoms with Crippen LogP contribution in [0.25, 0.3) is 0 Å². The quantitative estimate of drug-likeness (QED) is 0.610. The number of aryl methyl sites for hydroxylation is 1. The van der Waals surface area contributed by atoms with Crippen LogP contribution in [0.2, 0.25) is 0 Å². The molecule has 1 saturated heterocycles. The molecule has 1 aromatic heterocycles. The van der Waals surface area contributed by atoms with Crippen LogP contribution in [-0.4, -0.2) is 42.3 Å². The molecule has 1 aromatic rings. The third-order valence-corrected chi connectivity index (χ3v) is 5.49. The molecule has 0 bridgehead atoms. The maximum Gasteiger partial charge on any atom is 0.236 e. The van der Waals surface area contributed by atoms with Crippen LogP contribution < -0.4 is 0 Å². The Morgan fingerprint density at radius 1 is 1.29 bits per heavy atom. The van der Waals surface area contributed by atoms with E-state index in [4.69, 9.17) is 0 Å². The first kappa shape index (κ1) is 15.8. The van der Waals surface area contributed by atoms with E-state index in [0.29, 0.717) is 19.4 Å². The van der Waals surface area contributed by atoms with Crippen LogP contribution in [0.15, 0.2) is 29.5 Å². The molecule has 1 aliphatic heterocycles. The predicted molar refractivity (Wildman–Crippen MR) is 78.8 cm³/mol. The average Bonchev–Trinajstić information content (AvgIpc) is 2.73. The van der Waals surface area contributed by atoms with Crippen molar-refractivity contribution in [3.8, 4) is 0 Å². The van der Waals surface area contributed by atoms with Crippen molar-refractivity contribution in [2.24, 2.45) is 4.99 Å². The van der Waals surface area contributed by atoms with Gasteiger partial charge in [-0.3, -0.25) is 4.98 Å². The first-order chi connectivity index (χ1) is 10.1. The van der Waals surface area contributed by atoms with E-state index in [0.717, 1.165) is 24.8 Å².